The normalized spacial score (nSPS) is 14.6. The van der Waals surface area contributed by atoms with E-state index >= 15 is 0 Å². The van der Waals surface area contributed by atoms with Crippen LogP contribution in [-0.4, -0.2) is 57.2 Å². The average Bonchev–Trinajstić information content (AvgIpc) is 3.27. The minimum Gasteiger partial charge on any atom is -1.00 e. The number of nitrogens with zero attached hydrogens (tertiary/aromatic N) is 2. The molecule has 0 atom stereocenters. The van der Waals surface area contributed by atoms with E-state index in [1.54, 1.807) is 0 Å². The van der Waals surface area contributed by atoms with Gasteiger partial charge in [0.1, 0.15) is 0 Å². The second-order valence-electron chi connectivity index (χ2n) is 10.2. The molecule has 0 aliphatic carbocycles. The number of unbranched alkanes of at least 4 members (excludes halogenated alkanes) is 9. The molecule has 0 spiro atoms. The van der Waals surface area contributed by atoms with Crippen molar-refractivity contribution in [2.45, 2.75) is 90.4 Å². The molecule has 1 aromatic carbocycles. The standard InChI is InChI=1S/C28H49N3O.BrH/c1-4-5-6-7-8-9-10-11-12-13-22-31(23-14-15-24-31)25-16-21-29-28(32)26-17-19-27(20-18-26)30(2)3;/h17-20H,4-16,21-25H2,1-3H3;1H. The number of carbonyl (C=O) groups is 1. The maximum atomic E-state index is 12.4. The van der Waals surface area contributed by atoms with Crippen LogP contribution in [0.25, 0.3) is 0 Å². The van der Waals surface area contributed by atoms with Gasteiger partial charge in [0.05, 0.1) is 26.2 Å². The Balaban J connectivity index is 0.00000544. The Hall–Kier alpha value is -1.07. The lowest BCUT2D eigenvalue weighted by Gasteiger charge is -2.34. The van der Waals surface area contributed by atoms with Crippen LogP contribution in [0.4, 0.5) is 5.69 Å². The summed E-state index contributed by atoms with van der Waals surface area (Å²) in [5.41, 5.74) is 1.88. The van der Waals surface area contributed by atoms with Crippen molar-refractivity contribution in [1.29, 1.82) is 0 Å². The first kappa shape index (κ1) is 30.0. The monoisotopic (exact) mass is 523 g/mol. The van der Waals surface area contributed by atoms with E-state index in [-0.39, 0.29) is 22.9 Å². The molecule has 0 unspecified atom stereocenters. The van der Waals surface area contributed by atoms with Crippen LogP contribution in [0.15, 0.2) is 24.3 Å². The summed E-state index contributed by atoms with van der Waals surface area (Å²) < 4.78 is 1.30. The van der Waals surface area contributed by atoms with E-state index in [2.05, 4.69) is 17.1 Å². The lowest BCUT2D eigenvalue weighted by atomic mass is 10.1. The van der Waals surface area contributed by atoms with E-state index in [4.69, 9.17) is 0 Å². The molecule has 0 aromatic heterocycles. The fourth-order valence-electron chi connectivity index (χ4n) is 5.13. The maximum Gasteiger partial charge on any atom is 0.251 e. The van der Waals surface area contributed by atoms with Crippen LogP contribution in [0.1, 0.15) is 101 Å². The third kappa shape index (κ3) is 11.8. The Bertz CT molecular complexity index is 627. The summed E-state index contributed by atoms with van der Waals surface area (Å²) in [4.78, 5) is 14.5. The van der Waals surface area contributed by atoms with Gasteiger partial charge in [-0.15, -0.1) is 0 Å². The average molecular weight is 525 g/mol. The highest BCUT2D eigenvalue weighted by atomic mass is 79.9. The Morgan fingerprint density at radius 2 is 1.33 bits per heavy atom. The highest BCUT2D eigenvalue weighted by molar-refractivity contribution is 5.94. The highest BCUT2D eigenvalue weighted by Crippen LogP contribution is 2.22. The number of halogens is 1. The van der Waals surface area contributed by atoms with E-state index in [0.29, 0.717) is 0 Å². The molecule has 1 aliphatic rings. The zero-order valence-electron chi connectivity index (χ0n) is 21.7. The molecule has 1 fully saturated rings. The van der Waals surface area contributed by atoms with E-state index in [9.17, 15) is 4.79 Å². The number of hydrogen-bond donors (Lipinski definition) is 1. The van der Waals surface area contributed by atoms with Crippen molar-refractivity contribution in [2.75, 3.05) is 51.7 Å². The van der Waals surface area contributed by atoms with Crippen LogP contribution in [0.5, 0.6) is 0 Å². The van der Waals surface area contributed by atoms with Gasteiger partial charge >= 0.3 is 0 Å². The molecular formula is C28H50BrN3O. The van der Waals surface area contributed by atoms with Crippen molar-refractivity contribution in [3.8, 4) is 0 Å². The largest absolute Gasteiger partial charge is 1.00 e. The Morgan fingerprint density at radius 3 is 1.88 bits per heavy atom. The minimum absolute atomic E-state index is 0. The van der Waals surface area contributed by atoms with Gasteiger partial charge in [0, 0.05) is 51.2 Å². The number of rotatable bonds is 17. The van der Waals surface area contributed by atoms with Gasteiger partial charge < -0.3 is 31.7 Å². The van der Waals surface area contributed by atoms with Crippen molar-refractivity contribution in [3.05, 3.63) is 29.8 Å². The summed E-state index contributed by atoms with van der Waals surface area (Å²) in [6.07, 6.45) is 17.9. The quantitative estimate of drug-likeness (QED) is 0.250. The minimum atomic E-state index is 0. The molecule has 1 amide bonds. The SMILES string of the molecule is CCCCCCCCCCCC[N+]1(CCCNC(=O)c2ccc(N(C)C)cc2)CCCC1.[Br-]. The summed E-state index contributed by atoms with van der Waals surface area (Å²) in [5, 5.41) is 3.13. The second kappa shape index (κ2) is 17.4. The van der Waals surface area contributed by atoms with E-state index in [0.717, 1.165) is 24.2 Å². The van der Waals surface area contributed by atoms with Gasteiger partial charge in [-0.05, 0) is 37.1 Å². The summed E-state index contributed by atoms with van der Waals surface area (Å²) in [5.74, 6) is 0.0537. The fraction of sp³-hybridized carbons (Fsp3) is 0.750. The molecule has 2 rings (SSSR count). The predicted molar refractivity (Wildman–Crippen MR) is 139 cm³/mol. The number of carbonyl (C=O) groups excluding carboxylic acids is 1. The van der Waals surface area contributed by atoms with E-state index in [1.807, 2.05) is 38.4 Å². The highest BCUT2D eigenvalue weighted by Gasteiger charge is 2.30. The zero-order chi connectivity index (χ0) is 23.1. The molecule has 0 saturated carbocycles. The topological polar surface area (TPSA) is 32.3 Å². The first-order valence-corrected chi connectivity index (χ1v) is 13.5. The Kier molecular flexibility index (Phi) is 15.8. The molecule has 1 saturated heterocycles. The van der Waals surface area contributed by atoms with Crippen molar-refractivity contribution in [1.82, 2.24) is 5.32 Å². The molecule has 190 valence electrons. The molecule has 1 aromatic rings. The molecular weight excluding hydrogens is 474 g/mol. The Morgan fingerprint density at radius 1 is 0.818 bits per heavy atom. The third-order valence-corrected chi connectivity index (χ3v) is 7.24. The number of amides is 1. The van der Waals surface area contributed by atoms with Crippen LogP contribution < -0.4 is 27.2 Å². The number of nitrogens with one attached hydrogen (secondary N) is 1. The summed E-state index contributed by atoms with van der Waals surface area (Å²) in [7, 11) is 4.03. The van der Waals surface area contributed by atoms with Crippen molar-refractivity contribution in [3.63, 3.8) is 0 Å². The molecule has 1 N–H and O–H groups in total. The predicted octanol–water partition coefficient (Wildman–Crippen LogP) is 3.41. The fourth-order valence-corrected chi connectivity index (χ4v) is 5.13. The van der Waals surface area contributed by atoms with Crippen LogP contribution in [0.3, 0.4) is 0 Å². The molecule has 1 aliphatic heterocycles. The van der Waals surface area contributed by atoms with Crippen LogP contribution >= 0.6 is 0 Å². The van der Waals surface area contributed by atoms with Gasteiger partial charge in [0.25, 0.3) is 5.91 Å². The third-order valence-electron chi connectivity index (χ3n) is 7.24. The summed E-state index contributed by atoms with van der Waals surface area (Å²) in [6, 6.07) is 7.85. The van der Waals surface area contributed by atoms with Gasteiger partial charge in [-0.1, -0.05) is 58.3 Å². The van der Waals surface area contributed by atoms with Crippen molar-refractivity contribution < 1.29 is 26.3 Å². The second-order valence-corrected chi connectivity index (χ2v) is 10.2. The van der Waals surface area contributed by atoms with Gasteiger partial charge in [0.15, 0.2) is 0 Å². The molecule has 5 heteroatoms. The lowest BCUT2D eigenvalue weighted by Crippen LogP contribution is -3.00. The molecule has 0 bridgehead atoms. The van der Waals surface area contributed by atoms with Crippen molar-refractivity contribution >= 4 is 11.6 Å². The van der Waals surface area contributed by atoms with Gasteiger partial charge in [-0.2, -0.15) is 0 Å². The molecule has 1 heterocycles. The van der Waals surface area contributed by atoms with E-state index in [1.165, 1.54) is 108 Å². The number of hydrogen-bond acceptors (Lipinski definition) is 2. The van der Waals surface area contributed by atoms with Gasteiger partial charge in [-0.25, -0.2) is 0 Å². The zero-order valence-corrected chi connectivity index (χ0v) is 23.3. The van der Waals surface area contributed by atoms with Crippen LogP contribution in [0.2, 0.25) is 0 Å². The maximum absolute atomic E-state index is 12.4. The number of likely N-dealkylation sites (tertiary alicyclic amines) is 1. The number of quaternary nitrogens is 1. The summed E-state index contributed by atoms with van der Waals surface area (Å²) >= 11 is 0. The molecule has 33 heavy (non-hydrogen) atoms. The smallest absolute Gasteiger partial charge is 0.251 e. The van der Waals surface area contributed by atoms with E-state index < -0.39 is 0 Å². The Labute approximate surface area is 214 Å². The number of benzene rings is 1. The lowest BCUT2D eigenvalue weighted by molar-refractivity contribution is -0.917. The van der Waals surface area contributed by atoms with Gasteiger partial charge in [0.2, 0.25) is 0 Å². The van der Waals surface area contributed by atoms with Crippen LogP contribution in [-0.2, 0) is 0 Å². The molecule has 0 radical (unpaired) electrons. The number of anilines is 1. The summed E-state index contributed by atoms with van der Waals surface area (Å²) in [6.45, 7) is 8.33. The first-order valence-electron chi connectivity index (χ1n) is 13.5. The van der Waals surface area contributed by atoms with Crippen molar-refractivity contribution in [2.24, 2.45) is 0 Å². The first-order chi connectivity index (χ1) is 15.6. The van der Waals surface area contributed by atoms with Crippen LogP contribution in [0, 0.1) is 0 Å². The van der Waals surface area contributed by atoms with Gasteiger partial charge in [-0.3, -0.25) is 4.79 Å². The molecule has 4 nitrogen and oxygen atoms in total.